The number of carbonyl (C=O) groups is 1. The molecule has 16 heavy (non-hydrogen) atoms. The van der Waals surface area contributed by atoms with Gasteiger partial charge < -0.3 is 15.5 Å². The number of phenols is 1. The maximum absolute atomic E-state index is 10.3. The van der Waals surface area contributed by atoms with Gasteiger partial charge in [0, 0.05) is 23.7 Å². The van der Waals surface area contributed by atoms with Crippen molar-refractivity contribution in [3.63, 3.8) is 0 Å². The first-order chi connectivity index (χ1) is 7.50. The van der Waals surface area contributed by atoms with E-state index in [4.69, 9.17) is 28.3 Å². The monoisotopic (exact) mass is 263 g/mol. The van der Waals surface area contributed by atoms with E-state index in [2.05, 4.69) is 5.32 Å². The molecule has 0 atom stereocenters. The Labute approximate surface area is 103 Å². The van der Waals surface area contributed by atoms with Crippen LogP contribution in [0.15, 0.2) is 12.1 Å². The van der Waals surface area contributed by atoms with Crippen LogP contribution in [-0.2, 0) is 11.3 Å². The molecule has 0 fully saturated rings. The summed E-state index contributed by atoms with van der Waals surface area (Å²) in [7, 11) is 0. The zero-order valence-electron chi connectivity index (χ0n) is 8.33. The first-order valence-corrected chi connectivity index (χ1v) is 5.35. The smallest absolute Gasteiger partial charge is 0.304 e. The van der Waals surface area contributed by atoms with Gasteiger partial charge in [-0.15, -0.1) is 0 Å². The SMILES string of the molecule is O=C(O)CCNCc1cc(Cl)cc(Cl)c1O. The number of carboxylic acids is 1. The fourth-order valence-electron chi connectivity index (χ4n) is 1.17. The Morgan fingerprint density at radius 2 is 2.06 bits per heavy atom. The van der Waals surface area contributed by atoms with E-state index in [-0.39, 0.29) is 17.2 Å². The summed E-state index contributed by atoms with van der Waals surface area (Å²) in [6.45, 7) is 0.637. The van der Waals surface area contributed by atoms with Gasteiger partial charge in [0.25, 0.3) is 0 Å². The lowest BCUT2D eigenvalue weighted by molar-refractivity contribution is -0.136. The van der Waals surface area contributed by atoms with Crippen molar-refractivity contribution < 1.29 is 15.0 Å². The number of phenolic OH excluding ortho intramolecular Hbond substituents is 1. The van der Waals surface area contributed by atoms with E-state index < -0.39 is 5.97 Å². The molecule has 0 spiro atoms. The predicted molar refractivity (Wildman–Crippen MR) is 62.1 cm³/mol. The summed E-state index contributed by atoms with van der Waals surface area (Å²) in [4.78, 5) is 10.3. The van der Waals surface area contributed by atoms with Crippen molar-refractivity contribution in [1.82, 2.24) is 5.32 Å². The molecule has 0 aromatic heterocycles. The van der Waals surface area contributed by atoms with Crippen molar-refractivity contribution in [2.45, 2.75) is 13.0 Å². The molecule has 6 heteroatoms. The quantitative estimate of drug-likeness (QED) is 0.713. The third-order valence-corrected chi connectivity index (χ3v) is 2.44. The lowest BCUT2D eigenvalue weighted by Gasteiger charge is -2.07. The van der Waals surface area contributed by atoms with Crippen molar-refractivity contribution in [2.24, 2.45) is 0 Å². The second-order valence-electron chi connectivity index (χ2n) is 3.22. The average molecular weight is 264 g/mol. The minimum atomic E-state index is -0.874. The Bertz CT molecular complexity index is 396. The number of aromatic hydroxyl groups is 1. The lowest BCUT2D eigenvalue weighted by Crippen LogP contribution is -2.17. The van der Waals surface area contributed by atoms with Gasteiger partial charge in [-0.05, 0) is 12.1 Å². The van der Waals surface area contributed by atoms with Crippen LogP contribution in [0.25, 0.3) is 0 Å². The van der Waals surface area contributed by atoms with Crippen LogP contribution in [0.2, 0.25) is 10.0 Å². The Kier molecular flexibility index (Phi) is 4.86. The largest absolute Gasteiger partial charge is 0.506 e. The van der Waals surface area contributed by atoms with Crippen molar-refractivity contribution in [3.8, 4) is 5.75 Å². The van der Waals surface area contributed by atoms with Gasteiger partial charge in [-0.2, -0.15) is 0 Å². The van der Waals surface area contributed by atoms with Crippen molar-refractivity contribution >= 4 is 29.2 Å². The van der Waals surface area contributed by atoms with E-state index in [1.165, 1.54) is 6.07 Å². The maximum atomic E-state index is 10.3. The molecule has 0 heterocycles. The molecule has 1 aromatic rings. The highest BCUT2D eigenvalue weighted by atomic mass is 35.5. The summed E-state index contributed by atoms with van der Waals surface area (Å²) < 4.78 is 0. The fraction of sp³-hybridized carbons (Fsp3) is 0.300. The summed E-state index contributed by atoms with van der Waals surface area (Å²) in [5.41, 5.74) is 0.544. The van der Waals surface area contributed by atoms with Crippen LogP contribution in [0.3, 0.4) is 0 Å². The van der Waals surface area contributed by atoms with Crippen molar-refractivity contribution in [2.75, 3.05) is 6.54 Å². The van der Waals surface area contributed by atoms with Gasteiger partial charge >= 0.3 is 5.97 Å². The standard InChI is InChI=1S/C10H11Cl2NO3/c11-7-3-6(10(16)8(12)4-7)5-13-2-1-9(14)15/h3-4,13,16H,1-2,5H2,(H,14,15). The zero-order valence-corrected chi connectivity index (χ0v) is 9.85. The fourth-order valence-corrected chi connectivity index (χ4v) is 1.71. The molecule has 0 saturated heterocycles. The Balaban J connectivity index is 2.57. The number of halogens is 2. The van der Waals surface area contributed by atoms with E-state index in [1.54, 1.807) is 6.07 Å². The first-order valence-electron chi connectivity index (χ1n) is 4.60. The summed E-state index contributed by atoms with van der Waals surface area (Å²) >= 11 is 11.5. The zero-order chi connectivity index (χ0) is 12.1. The van der Waals surface area contributed by atoms with Crippen LogP contribution in [0.1, 0.15) is 12.0 Å². The molecule has 1 rings (SSSR count). The van der Waals surface area contributed by atoms with E-state index in [0.29, 0.717) is 23.7 Å². The molecule has 0 radical (unpaired) electrons. The first kappa shape index (κ1) is 13.1. The molecule has 0 unspecified atom stereocenters. The summed E-state index contributed by atoms with van der Waals surface area (Å²) in [5, 5.41) is 21.5. The third kappa shape index (κ3) is 3.89. The normalized spacial score (nSPS) is 10.4. The van der Waals surface area contributed by atoms with Crippen LogP contribution >= 0.6 is 23.2 Å². The van der Waals surface area contributed by atoms with Crippen LogP contribution in [0.4, 0.5) is 0 Å². The minimum absolute atomic E-state index is 0.0229. The second kappa shape index (κ2) is 5.94. The van der Waals surface area contributed by atoms with Crippen LogP contribution in [-0.4, -0.2) is 22.7 Å². The number of carboxylic acid groups (broad SMARTS) is 1. The molecular weight excluding hydrogens is 253 g/mol. The topological polar surface area (TPSA) is 69.6 Å². The molecule has 0 bridgehead atoms. The summed E-state index contributed by atoms with van der Waals surface area (Å²) in [5.74, 6) is -0.908. The van der Waals surface area contributed by atoms with Crippen molar-refractivity contribution in [3.05, 3.63) is 27.7 Å². The average Bonchev–Trinajstić information content (AvgIpc) is 2.19. The Morgan fingerprint density at radius 1 is 1.38 bits per heavy atom. The number of hydrogen-bond acceptors (Lipinski definition) is 3. The highest BCUT2D eigenvalue weighted by molar-refractivity contribution is 6.35. The lowest BCUT2D eigenvalue weighted by atomic mass is 10.2. The van der Waals surface area contributed by atoms with E-state index in [9.17, 15) is 9.90 Å². The molecule has 0 saturated carbocycles. The van der Waals surface area contributed by atoms with Crippen LogP contribution in [0.5, 0.6) is 5.75 Å². The van der Waals surface area contributed by atoms with Crippen LogP contribution in [0, 0.1) is 0 Å². The van der Waals surface area contributed by atoms with E-state index in [0.717, 1.165) is 0 Å². The van der Waals surface area contributed by atoms with Crippen molar-refractivity contribution in [1.29, 1.82) is 0 Å². The number of aliphatic carboxylic acids is 1. The molecular formula is C10H11Cl2NO3. The van der Waals surface area contributed by atoms with Gasteiger partial charge in [0.1, 0.15) is 5.75 Å². The van der Waals surface area contributed by atoms with Gasteiger partial charge in [-0.1, -0.05) is 23.2 Å². The van der Waals surface area contributed by atoms with E-state index in [1.807, 2.05) is 0 Å². The Hall–Kier alpha value is -0.970. The molecule has 88 valence electrons. The number of rotatable bonds is 5. The van der Waals surface area contributed by atoms with Gasteiger partial charge in [0.2, 0.25) is 0 Å². The van der Waals surface area contributed by atoms with E-state index >= 15 is 0 Å². The highest BCUT2D eigenvalue weighted by Gasteiger charge is 2.07. The van der Waals surface area contributed by atoms with Gasteiger partial charge in [-0.3, -0.25) is 4.79 Å². The number of hydrogen-bond donors (Lipinski definition) is 3. The molecule has 0 aliphatic carbocycles. The minimum Gasteiger partial charge on any atom is -0.506 e. The second-order valence-corrected chi connectivity index (χ2v) is 4.06. The number of nitrogens with one attached hydrogen (secondary N) is 1. The summed E-state index contributed by atoms with van der Waals surface area (Å²) in [6.07, 6.45) is 0.0229. The molecule has 0 amide bonds. The molecule has 0 aliphatic heterocycles. The maximum Gasteiger partial charge on any atom is 0.304 e. The molecule has 3 N–H and O–H groups in total. The van der Waals surface area contributed by atoms with Gasteiger partial charge in [-0.25, -0.2) is 0 Å². The molecule has 1 aromatic carbocycles. The molecule has 4 nitrogen and oxygen atoms in total. The van der Waals surface area contributed by atoms with Gasteiger partial charge in [0.15, 0.2) is 0 Å². The predicted octanol–water partition coefficient (Wildman–Crippen LogP) is 2.26. The molecule has 0 aliphatic rings. The van der Waals surface area contributed by atoms with Crippen LogP contribution < -0.4 is 5.32 Å². The summed E-state index contributed by atoms with van der Waals surface area (Å²) in [6, 6.07) is 3.02. The van der Waals surface area contributed by atoms with Gasteiger partial charge in [0.05, 0.1) is 11.4 Å². The highest BCUT2D eigenvalue weighted by Crippen LogP contribution is 2.30. The third-order valence-electron chi connectivity index (χ3n) is 1.94. The Morgan fingerprint density at radius 3 is 2.69 bits per heavy atom. The number of benzene rings is 1.